The molecular weight excluding hydrogens is 342 g/mol. The van der Waals surface area contributed by atoms with Gasteiger partial charge in [0, 0.05) is 42.4 Å². The van der Waals surface area contributed by atoms with Crippen molar-refractivity contribution < 1.29 is 0 Å². The van der Waals surface area contributed by atoms with Gasteiger partial charge < -0.3 is 4.90 Å². The number of nitrogens with zero attached hydrogens (tertiary/aromatic N) is 5. The summed E-state index contributed by atoms with van der Waals surface area (Å²) in [5, 5.41) is 13.0. The summed E-state index contributed by atoms with van der Waals surface area (Å²) < 4.78 is 0. The maximum Gasteiger partial charge on any atom is 0.147 e. The van der Waals surface area contributed by atoms with E-state index in [9.17, 15) is 5.26 Å². The fourth-order valence-electron chi connectivity index (χ4n) is 4.96. The van der Waals surface area contributed by atoms with Gasteiger partial charge in [0.2, 0.25) is 0 Å². The lowest BCUT2D eigenvalue weighted by molar-refractivity contribution is 0.245. The molecule has 4 heterocycles. The first kappa shape index (κ1) is 16.2. The zero-order valence-electron chi connectivity index (χ0n) is 14.9. The molecule has 2 fully saturated rings. The van der Waals surface area contributed by atoms with E-state index in [2.05, 4.69) is 32.3 Å². The van der Waals surface area contributed by atoms with Crippen molar-refractivity contribution in [1.29, 1.82) is 5.26 Å². The molecule has 0 saturated carbocycles. The number of pyridine rings is 1. The van der Waals surface area contributed by atoms with Crippen LogP contribution in [0.1, 0.15) is 47.5 Å². The van der Waals surface area contributed by atoms with E-state index in [1.54, 1.807) is 11.3 Å². The van der Waals surface area contributed by atoms with Gasteiger partial charge >= 0.3 is 0 Å². The van der Waals surface area contributed by atoms with Crippen LogP contribution in [0, 0.1) is 11.3 Å². The molecule has 2 aromatic rings. The summed E-state index contributed by atoms with van der Waals surface area (Å²) in [4.78, 5) is 14.5. The highest BCUT2D eigenvalue weighted by Gasteiger charge is 2.43. The van der Waals surface area contributed by atoms with Crippen molar-refractivity contribution in [1.82, 2.24) is 14.9 Å². The Balaban J connectivity index is 1.41. The van der Waals surface area contributed by atoms with Crippen molar-refractivity contribution in [2.24, 2.45) is 0 Å². The molecule has 6 heteroatoms. The van der Waals surface area contributed by atoms with E-state index in [0.717, 1.165) is 56.7 Å². The average molecular weight is 366 g/mol. The van der Waals surface area contributed by atoms with Crippen molar-refractivity contribution in [3.8, 4) is 6.07 Å². The van der Waals surface area contributed by atoms with Crippen LogP contribution in [0.15, 0.2) is 17.6 Å². The van der Waals surface area contributed by atoms with E-state index in [1.807, 2.05) is 6.20 Å². The Morgan fingerprint density at radius 1 is 1.19 bits per heavy atom. The smallest absolute Gasteiger partial charge is 0.147 e. The third-order valence-electron chi connectivity index (χ3n) is 6.19. The third kappa shape index (κ3) is 2.70. The number of likely N-dealkylation sites (tertiary alicyclic amines) is 1. The summed E-state index contributed by atoms with van der Waals surface area (Å²) in [6, 6.07) is 5.58. The van der Waals surface area contributed by atoms with Crippen molar-refractivity contribution in [3.63, 3.8) is 0 Å². The summed E-state index contributed by atoms with van der Waals surface area (Å²) in [6.07, 6.45) is 8.78. The van der Waals surface area contributed by atoms with Crippen LogP contribution in [0.4, 0.5) is 5.82 Å². The van der Waals surface area contributed by atoms with Crippen LogP contribution in [-0.4, -0.2) is 40.0 Å². The molecule has 2 saturated heterocycles. The summed E-state index contributed by atoms with van der Waals surface area (Å²) in [6.45, 7) is 3.07. The van der Waals surface area contributed by atoms with E-state index in [4.69, 9.17) is 4.98 Å². The van der Waals surface area contributed by atoms with Crippen LogP contribution in [-0.2, 0) is 19.4 Å². The number of anilines is 1. The van der Waals surface area contributed by atoms with Crippen molar-refractivity contribution >= 4 is 17.2 Å². The minimum Gasteiger partial charge on any atom is -0.351 e. The van der Waals surface area contributed by atoms with Crippen molar-refractivity contribution in [2.45, 2.75) is 57.2 Å². The van der Waals surface area contributed by atoms with Gasteiger partial charge in [-0.25, -0.2) is 9.97 Å². The van der Waals surface area contributed by atoms with Gasteiger partial charge in [-0.15, -0.1) is 11.3 Å². The largest absolute Gasteiger partial charge is 0.351 e. The number of aromatic nitrogens is 2. The lowest BCUT2D eigenvalue weighted by Gasteiger charge is -2.28. The fourth-order valence-corrected chi connectivity index (χ4v) is 5.60. The number of aryl methyl sites for hydroxylation is 2. The SMILES string of the molecule is N#Cc1cc2c(nc1N1CC[C@H]3[C@@H]1CCN3Cc1nccs1)CCCC2. The second-order valence-corrected chi connectivity index (χ2v) is 8.57. The second-order valence-electron chi connectivity index (χ2n) is 7.59. The molecule has 2 aliphatic heterocycles. The molecule has 134 valence electrons. The zero-order chi connectivity index (χ0) is 17.5. The molecule has 1 aliphatic carbocycles. The molecule has 0 radical (unpaired) electrons. The van der Waals surface area contributed by atoms with Gasteiger partial charge in [-0.1, -0.05) is 0 Å². The molecule has 0 spiro atoms. The van der Waals surface area contributed by atoms with Gasteiger partial charge in [-0.05, 0) is 50.2 Å². The average Bonchev–Trinajstić information content (AvgIpc) is 3.40. The number of thiazole rings is 1. The highest BCUT2D eigenvalue weighted by atomic mass is 32.1. The molecule has 0 unspecified atom stereocenters. The molecule has 3 aliphatic rings. The summed E-state index contributed by atoms with van der Waals surface area (Å²) >= 11 is 1.74. The monoisotopic (exact) mass is 365 g/mol. The molecular formula is C20H23N5S. The predicted molar refractivity (Wildman–Crippen MR) is 102 cm³/mol. The van der Waals surface area contributed by atoms with Crippen LogP contribution in [0.5, 0.6) is 0 Å². The number of hydrogen-bond donors (Lipinski definition) is 0. The van der Waals surface area contributed by atoms with E-state index >= 15 is 0 Å². The van der Waals surface area contributed by atoms with Crippen LogP contribution in [0.25, 0.3) is 0 Å². The first-order chi connectivity index (χ1) is 12.8. The maximum absolute atomic E-state index is 9.71. The minimum atomic E-state index is 0.483. The predicted octanol–water partition coefficient (Wildman–Crippen LogP) is 3.14. The highest BCUT2D eigenvalue weighted by Crippen LogP contribution is 2.37. The number of rotatable bonds is 3. The van der Waals surface area contributed by atoms with E-state index in [-0.39, 0.29) is 0 Å². The van der Waals surface area contributed by atoms with Gasteiger partial charge in [0.25, 0.3) is 0 Å². The summed E-state index contributed by atoms with van der Waals surface area (Å²) in [5.74, 6) is 0.941. The van der Waals surface area contributed by atoms with Crippen LogP contribution < -0.4 is 4.90 Å². The van der Waals surface area contributed by atoms with E-state index in [0.29, 0.717) is 12.1 Å². The third-order valence-corrected chi connectivity index (χ3v) is 6.95. The molecule has 0 N–H and O–H groups in total. The number of nitriles is 1. The number of hydrogen-bond acceptors (Lipinski definition) is 6. The quantitative estimate of drug-likeness (QED) is 0.836. The van der Waals surface area contributed by atoms with Gasteiger partial charge in [0.1, 0.15) is 16.9 Å². The standard InChI is InChI=1S/C20H23N5S/c21-12-15-11-14-3-1-2-4-16(14)23-20(15)25-9-6-17-18(25)5-8-24(17)13-19-22-7-10-26-19/h7,10-11,17-18H,1-6,8-9,13H2/t17-,18-/m0/s1. The topological polar surface area (TPSA) is 56.1 Å². The molecule has 2 aromatic heterocycles. The Morgan fingerprint density at radius 3 is 2.92 bits per heavy atom. The Hall–Kier alpha value is -1.97. The maximum atomic E-state index is 9.71. The van der Waals surface area contributed by atoms with Gasteiger partial charge in [0.15, 0.2) is 0 Å². The highest BCUT2D eigenvalue weighted by molar-refractivity contribution is 7.09. The fraction of sp³-hybridized carbons (Fsp3) is 0.550. The lowest BCUT2D eigenvalue weighted by Crippen LogP contribution is -2.37. The Labute approximate surface area is 158 Å². The number of fused-ring (bicyclic) bond motifs is 2. The van der Waals surface area contributed by atoms with Crippen LogP contribution in [0.3, 0.4) is 0 Å². The minimum absolute atomic E-state index is 0.483. The van der Waals surface area contributed by atoms with E-state index < -0.39 is 0 Å². The second kappa shape index (κ2) is 6.64. The molecule has 0 aromatic carbocycles. The molecule has 0 amide bonds. The first-order valence-electron chi connectivity index (χ1n) is 9.65. The van der Waals surface area contributed by atoms with Crippen LogP contribution in [0.2, 0.25) is 0 Å². The Morgan fingerprint density at radius 2 is 2.08 bits per heavy atom. The summed E-state index contributed by atoms with van der Waals surface area (Å²) in [5.41, 5.74) is 3.29. The molecule has 2 atom stereocenters. The lowest BCUT2D eigenvalue weighted by atomic mass is 9.94. The molecule has 5 rings (SSSR count). The van der Waals surface area contributed by atoms with Crippen LogP contribution >= 0.6 is 11.3 Å². The Kier molecular flexibility index (Phi) is 4.14. The molecule has 0 bridgehead atoms. The van der Waals surface area contributed by atoms with Crippen molar-refractivity contribution in [2.75, 3.05) is 18.0 Å². The van der Waals surface area contributed by atoms with Gasteiger partial charge in [-0.3, -0.25) is 4.90 Å². The van der Waals surface area contributed by atoms with E-state index in [1.165, 1.54) is 29.1 Å². The molecule has 5 nitrogen and oxygen atoms in total. The van der Waals surface area contributed by atoms with Gasteiger partial charge in [-0.2, -0.15) is 5.26 Å². The van der Waals surface area contributed by atoms with Crippen molar-refractivity contribution in [3.05, 3.63) is 39.5 Å². The normalized spacial score (nSPS) is 25.1. The summed E-state index contributed by atoms with van der Waals surface area (Å²) in [7, 11) is 0. The Bertz CT molecular complexity index is 841. The zero-order valence-corrected chi connectivity index (χ0v) is 15.7. The molecule has 26 heavy (non-hydrogen) atoms. The van der Waals surface area contributed by atoms with Gasteiger partial charge in [0.05, 0.1) is 12.1 Å². The first-order valence-corrected chi connectivity index (χ1v) is 10.5.